The minimum absolute atomic E-state index is 0.0829. The Morgan fingerprint density at radius 2 is 1.89 bits per heavy atom. The minimum Gasteiger partial charge on any atom is -0.488 e. The molecule has 2 aromatic carbocycles. The number of carbonyl (C=O) groups excluding carboxylic acids is 1. The second-order valence-corrected chi connectivity index (χ2v) is 13.5. The van der Waals surface area contributed by atoms with Crippen molar-refractivity contribution in [2.75, 3.05) is 38.1 Å². The number of nitrogens with one attached hydrogen (secondary N) is 1. The van der Waals surface area contributed by atoms with Crippen molar-refractivity contribution in [3.8, 4) is 17.2 Å². The summed E-state index contributed by atoms with van der Waals surface area (Å²) in [7, 11) is -6.20. The van der Waals surface area contributed by atoms with Crippen molar-refractivity contribution in [1.82, 2.24) is 9.78 Å². The summed E-state index contributed by atoms with van der Waals surface area (Å²) in [5, 5.41) is 7.00. The highest BCUT2D eigenvalue weighted by Gasteiger charge is 2.20. The smallest absolute Gasteiger partial charge is 0.257 e. The van der Waals surface area contributed by atoms with Crippen molar-refractivity contribution in [3.05, 3.63) is 60.3 Å². The quantitative estimate of drug-likeness (QED) is 0.337. The van der Waals surface area contributed by atoms with Gasteiger partial charge in [-0.05, 0) is 43.3 Å². The number of hydrogen-bond acceptors (Lipinski definition) is 9. The molecular formula is C25H30N3O8PS. The van der Waals surface area contributed by atoms with Crippen LogP contribution in [0.1, 0.15) is 23.7 Å². The maximum absolute atomic E-state index is 13.1. The lowest BCUT2D eigenvalue weighted by Crippen LogP contribution is -2.17. The van der Waals surface area contributed by atoms with E-state index in [9.17, 15) is 17.8 Å². The highest BCUT2D eigenvalue weighted by Crippen LogP contribution is 2.43. The van der Waals surface area contributed by atoms with Gasteiger partial charge < -0.3 is 24.1 Å². The fraction of sp³-hybridized carbons (Fsp3) is 0.360. The van der Waals surface area contributed by atoms with E-state index in [0.29, 0.717) is 37.1 Å². The molecule has 1 fully saturated rings. The van der Waals surface area contributed by atoms with E-state index in [1.807, 2.05) is 0 Å². The number of ether oxygens (including phenoxy) is 3. The predicted octanol–water partition coefficient (Wildman–Crippen LogP) is 4.40. The summed E-state index contributed by atoms with van der Waals surface area (Å²) < 4.78 is 60.0. The van der Waals surface area contributed by atoms with Crippen molar-refractivity contribution < 1.29 is 36.5 Å². The number of benzene rings is 2. The molecule has 0 spiro atoms. The van der Waals surface area contributed by atoms with Crippen LogP contribution in [-0.4, -0.2) is 63.0 Å². The Morgan fingerprint density at radius 1 is 1.16 bits per heavy atom. The summed E-state index contributed by atoms with van der Waals surface area (Å²) in [6, 6.07) is 12.4. The zero-order valence-electron chi connectivity index (χ0n) is 21.3. The lowest BCUT2D eigenvalue weighted by atomic mass is 10.1. The molecule has 0 aliphatic carbocycles. The highest BCUT2D eigenvalue weighted by atomic mass is 32.2. The molecule has 0 saturated carbocycles. The Labute approximate surface area is 221 Å². The third-order valence-electron chi connectivity index (χ3n) is 5.51. The van der Waals surface area contributed by atoms with Crippen LogP contribution < -0.4 is 14.8 Å². The normalized spacial score (nSPS) is 17.1. The first-order valence-corrected chi connectivity index (χ1v) is 16.1. The first kappa shape index (κ1) is 27.8. The number of anilines is 1. The molecule has 0 bridgehead atoms. The van der Waals surface area contributed by atoms with E-state index in [2.05, 4.69) is 10.4 Å². The minimum atomic E-state index is -3.34. The summed E-state index contributed by atoms with van der Waals surface area (Å²) in [5.74, 6) is 0.964. The number of nitrogens with zero attached hydrogens (tertiary/aromatic N) is 2. The van der Waals surface area contributed by atoms with Gasteiger partial charge in [0.2, 0.25) is 7.37 Å². The van der Waals surface area contributed by atoms with Crippen LogP contribution in [0.15, 0.2) is 59.6 Å². The molecule has 11 nitrogen and oxygen atoms in total. The summed E-state index contributed by atoms with van der Waals surface area (Å²) >= 11 is 0. The Hall–Kier alpha value is -3.18. The van der Waals surface area contributed by atoms with Crippen LogP contribution in [-0.2, 0) is 29.9 Å². The number of amides is 1. The van der Waals surface area contributed by atoms with E-state index in [1.165, 1.54) is 35.6 Å². The summed E-state index contributed by atoms with van der Waals surface area (Å²) in [5.41, 5.74) is 0.259. The SMILES string of the molecule is CCO[P@@](C)(=O)Cn1ccc(NC(=O)c2cc(Oc3ccc(S(C)(=O)=O)cc3)cc(O[C@H]3CCOC3)c2)n1. The maximum atomic E-state index is 13.1. The molecule has 2 heterocycles. The van der Waals surface area contributed by atoms with Crippen molar-refractivity contribution >= 4 is 28.9 Å². The predicted molar refractivity (Wildman–Crippen MR) is 141 cm³/mol. The average Bonchev–Trinajstić information content (AvgIpc) is 3.50. The van der Waals surface area contributed by atoms with Gasteiger partial charge in [-0.25, -0.2) is 8.42 Å². The van der Waals surface area contributed by atoms with Gasteiger partial charge in [0.05, 0.1) is 24.7 Å². The van der Waals surface area contributed by atoms with Crippen LogP contribution in [0.3, 0.4) is 0 Å². The Morgan fingerprint density at radius 3 is 2.55 bits per heavy atom. The standard InChI is InChI=1S/C25H30N3O8PS/c1-4-34-37(2,30)17-28-11-9-24(27-28)26-25(29)18-13-21(15-22(14-18)36-20-10-12-33-16-20)35-19-5-7-23(8-6-19)38(3,31)32/h5-9,11,13-15,20H,4,10,12,16-17H2,1-3H3,(H,26,27,29)/t20-,37+/m0/s1. The Bertz CT molecular complexity index is 1430. The van der Waals surface area contributed by atoms with Crippen molar-refractivity contribution in [2.24, 2.45) is 0 Å². The summed E-state index contributed by atoms with van der Waals surface area (Å²) in [4.78, 5) is 13.3. The van der Waals surface area contributed by atoms with Gasteiger partial charge in [0.1, 0.15) is 29.6 Å². The zero-order chi connectivity index (χ0) is 27.3. The van der Waals surface area contributed by atoms with Crippen LogP contribution in [0.25, 0.3) is 0 Å². The van der Waals surface area contributed by atoms with Gasteiger partial charge >= 0.3 is 0 Å². The van der Waals surface area contributed by atoms with E-state index in [-0.39, 0.29) is 28.7 Å². The Kier molecular flexibility index (Phi) is 8.57. The van der Waals surface area contributed by atoms with Crippen LogP contribution in [0, 0.1) is 0 Å². The molecule has 3 aromatic rings. The summed E-state index contributed by atoms with van der Waals surface area (Å²) in [6.07, 6.45) is 3.39. The third kappa shape index (κ3) is 7.67. The molecule has 4 rings (SSSR count). The van der Waals surface area contributed by atoms with Gasteiger partial charge in [-0.2, -0.15) is 5.10 Å². The lowest BCUT2D eigenvalue weighted by Gasteiger charge is -2.15. The first-order chi connectivity index (χ1) is 18.0. The van der Waals surface area contributed by atoms with Crippen molar-refractivity contribution in [1.29, 1.82) is 0 Å². The average molecular weight is 564 g/mol. The van der Waals surface area contributed by atoms with Gasteiger partial charge in [0, 0.05) is 43.2 Å². The molecule has 1 saturated heterocycles. The largest absolute Gasteiger partial charge is 0.488 e. The Balaban J connectivity index is 1.54. The van der Waals surface area contributed by atoms with Gasteiger partial charge in [-0.15, -0.1) is 0 Å². The monoisotopic (exact) mass is 563 g/mol. The summed E-state index contributed by atoms with van der Waals surface area (Å²) in [6.45, 7) is 4.67. The fourth-order valence-corrected chi connectivity index (χ4v) is 5.73. The van der Waals surface area contributed by atoms with E-state index in [0.717, 1.165) is 12.7 Å². The number of carbonyl (C=O) groups is 1. The van der Waals surface area contributed by atoms with Crippen LogP contribution in [0.2, 0.25) is 0 Å². The number of rotatable bonds is 11. The van der Waals surface area contributed by atoms with Crippen molar-refractivity contribution in [2.45, 2.75) is 30.6 Å². The van der Waals surface area contributed by atoms with E-state index >= 15 is 0 Å². The van der Waals surface area contributed by atoms with Gasteiger partial charge in [-0.3, -0.25) is 14.0 Å². The zero-order valence-corrected chi connectivity index (χ0v) is 23.0. The molecule has 1 amide bonds. The molecule has 13 heteroatoms. The second-order valence-electron chi connectivity index (χ2n) is 8.91. The van der Waals surface area contributed by atoms with Crippen LogP contribution in [0.4, 0.5) is 5.82 Å². The molecule has 2 atom stereocenters. The lowest BCUT2D eigenvalue weighted by molar-refractivity contribution is 0.102. The van der Waals surface area contributed by atoms with Crippen LogP contribution in [0.5, 0.6) is 17.2 Å². The third-order valence-corrected chi connectivity index (χ3v) is 8.24. The molecule has 0 radical (unpaired) electrons. The fourth-order valence-electron chi connectivity index (χ4n) is 3.79. The second kappa shape index (κ2) is 11.7. The van der Waals surface area contributed by atoms with E-state index in [4.69, 9.17) is 18.7 Å². The number of sulfone groups is 1. The molecule has 204 valence electrons. The highest BCUT2D eigenvalue weighted by molar-refractivity contribution is 7.90. The number of hydrogen-bond donors (Lipinski definition) is 1. The maximum Gasteiger partial charge on any atom is 0.257 e. The van der Waals surface area contributed by atoms with Crippen molar-refractivity contribution in [3.63, 3.8) is 0 Å². The topological polar surface area (TPSA) is 135 Å². The molecule has 1 aromatic heterocycles. The van der Waals surface area contributed by atoms with E-state index in [1.54, 1.807) is 37.4 Å². The number of aromatic nitrogens is 2. The molecule has 38 heavy (non-hydrogen) atoms. The first-order valence-electron chi connectivity index (χ1n) is 11.9. The van der Waals surface area contributed by atoms with Gasteiger partial charge in [-0.1, -0.05) is 0 Å². The van der Waals surface area contributed by atoms with Gasteiger partial charge in [0.15, 0.2) is 15.7 Å². The molecule has 1 aliphatic rings. The van der Waals surface area contributed by atoms with Crippen LogP contribution >= 0.6 is 7.37 Å². The molecule has 1 N–H and O–H groups in total. The van der Waals surface area contributed by atoms with Gasteiger partial charge in [0.25, 0.3) is 5.91 Å². The van der Waals surface area contributed by atoms with E-state index < -0.39 is 23.1 Å². The molecule has 0 unspecified atom stereocenters. The molecular weight excluding hydrogens is 533 g/mol. The molecule has 1 aliphatic heterocycles.